The Kier molecular flexibility index (Phi) is 7.24. The lowest BCUT2D eigenvalue weighted by molar-refractivity contribution is -0.384. The highest BCUT2D eigenvalue weighted by Crippen LogP contribution is 2.40. The van der Waals surface area contributed by atoms with Crippen molar-refractivity contribution in [2.75, 3.05) is 6.54 Å². The molecule has 0 aliphatic carbocycles. The lowest BCUT2D eigenvalue weighted by Crippen LogP contribution is -2.45. The number of nitrogens with zero attached hydrogens (tertiary/aromatic N) is 4. The molecule has 3 aromatic rings. The van der Waals surface area contributed by atoms with Gasteiger partial charge >= 0.3 is 6.09 Å². The number of nitro benzene ring substituents is 1. The fourth-order valence-corrected chi connectivity index (χ4v) is 6.30. The Morgan fingerprint density at radius 1 is 1.33 bits per heavy atom. The maximum absolute atomic E-state index is 13.2. The van der Waals surface area contributed by atoms with Gasteiger partial charge in [0.05, 0.1) is 17.1 Å². The fourth-order valence-electron chi connectivity index (χ4n) is 4.09. The van der Waals surface area contributed by atoms with E-state index in [0.29, 0.717) is 24.2 Å². The van der Waals surface area contributed by atoms with Crippen LogP contribution in [0.15, 0.2) is 42.2 Å². The summed E-state index contributed by atoms with van der Waals surface area (Å²) in [4.78, 5) is 30.4. The lowest BCUT2D eigenvalue weighted by atomic mass is 10.1. The van der Waals surface area contributed by atoms with Gasteiger partial charge in [0.15, 0.2) is 8.32 Å². The molecule has 1 aliphatic heterocycles. The highest BCUT2D eigenvalue weighted by molar-refractivity contribution is 7.15. The first kappa shape index (κ1) is 26.3. The number of thiazole rings is 1. The number of hydrogen-bond donors (Lipinski definition) is 1. The van der Waals surface area contributed by atoms with Gasteiger partial charge in [-0.2, -0.15) is 0 Å². The molecule has 1 N–H and O–H groups in total. The number of aromatic nitrogens is 2. The van der Waals surface area contributed by atoms with Crippen molar-refractivity contribution in [3.8, 4) is 0 Å². The van der Waals surface area contributed by atoms with E-state index < -0.39 is 31.5 Å². The second-order valence-electron chi connectivity index (χ2n) is 10.6. The number of imidazole rings is 1. The third-order valence-electron chi connectivity index (χ3n) is 7.14. The van der Waals surface area contributed by atoms with Crippen LogP contribution >= 0.6 is 11.3 Å². The molecule has 4 rings (SSSR count). The molecule has 0 bridgehead atoms. The number of hydrogen-bond acceptors (Lipinski definition) is 8. The summed E-state index contributed by atoms with van der Waals surface area (Å²) in [5.41, 5.74) is 1.13. The minimum Gasteiger partial charge on any atom is -0.445 e. The number of carbonyl (C=O) groups is 1. The summed E-state index contributed by atoms with van der Waals surface area (Å²) < 4.78 is 14.0. The Morgan fingerprint density at radius 3 is 2.67 bits per heavy atom. The van der Waals surface area contributed by atoms with Crippen LogP contribution in [0, 0.1) is 10.1 Å². The van der Waals surface area contributed by atoms with Crippen molar-refractivity contribution in [1.82, 2.24) is 14.3 Å². The van der Waals surface area contributed by atoms with Crippen molar-refractivity contribution in [2.24, 2.45) is 0 Å². The van der Waals surface area contributed by atoms with Crippen molar-refractivity contribution in [1.29, 1.82) is 0 Å². The third kappa shape index (κ3) is 5.31. The second kappa shape index (κ2) is 9.92. The first-order valence-electron chi connectivity index (χ1n) is 11.8. The number of benzene rings is 1. The highest BCUT2D eigenvalue weighted by atomic mass is 32.1. The maximum atomic E-state index is 13.2. The molecule has 0 saturated carbocycles. The van der Waals surface area contributed by atoms with Crippen molar-refractivity contribution >= 4 is 36.3 Å². The largest absolute Gasteiger partial charge is 0.445 e. The molecule has 0 radical (unpaired) electrons. The van der Waals surface area contributed by atoms with E-state index in [-0.39, 0.29) is 23.4 Å². The van der Waals surface area contributed by atoms with Crippen LogP contribution in [-0.2, 0) is 15.8 Å². The zero-order valence-electron chi connectivity index (χ0n) is 21.1. The molecular weight excluding hydrogens is 500 g/mol. The van der Waals surface area contributed by atoms with Gasteiger partial charge in [0.2, 0.25) is 0 Å². The highest BCUT2D eigenvalue weighted by Gasteiger charge is 2.46. The van der Waals surface area contributed by atoms with Crippen LogP contribution in [0.5, 0.6) is 0 Å². The van der Waals surface area contributed by atoms with Crippen molar-refractivity contribution in [2.45, 2.75) is 70.2 Å². The number of likely N-dealkylation sites (tertiary alicyclic amines) is 1. The number of amides is 1. The molecule has 36 heavy (non-hydrogen) atoms. The van der Waals surface area contributed by atoms with Gasteiger partial charge in [-0.3, -0.25) is 19.4 Å². The molecule has 1 aromatic carbocycles. The number of nitro groups is 1. The number of aliphatic hydroxyl groups is 1. The maximum Gasteiger partial charge on any atom is 0.410 e. The van der Waals surface area contributed by atoms with Crippen LogP contribution in [0.2, 0.25) is 18.1 Å². The average molecular weight is 533 g/mol. The zero-order chi connectivity index (χ0) is 26.3. The molecule has 2 aromatic heterocycles. The quantitative estimate of drug-likeness (QED) is 0.254. The first-order chi connectivity index (χ1) is 16.9. The van der Waals surface area contributed by atoms with E-state index >= 15 is 0 Å². The molecule has 12 heteroatoms. The van der Waals surface area contributed by atoms with Crippen LogP contribution in [0.1, 0.15) is 44.6 Å². The van der Waals surface area contributed by atoms with Crippen LogP contribution in [0.25, 0.3) is 4.83 Å². The van der Waals surface area contributed by atoms with Gasteiger partial charge in [0, 0.05) is 30.3 Å². The molecule has 1 aliphatic rings. The van der Waals surface area contributed by atoms with E-state index in [1.54, 1.807) is 18.5 Å². The van der Waals surface area contributed by atoms with Crippen molar-refractivity contribution < 1.29 is 24.0 Å². The van der Waals surface area contributed by atoms with E-state index in [2.05, 4.69) is 38.8 Å². The number of fused-ring (bicyclic) bond motifs is 1. The van der Waals surface area contributed by atoms with Crippen LogP contribution < -0.4 is 0 Å². The fraction of sp³-hybridized carbons (Fsp3) is 0.500. The minimum absolute atomic E-state index is 0.00202. The van der Waals surface area contributed by atoms with Gasteiger partial charge in [-0.1, -0.05) is 20.8 Å². The Hall–Kier alpha value is -2.80. The summed E-state index contributed by atoms with van der Waals surface area (Å²) >= 11 is 1.48. The molecule has 194 valence electrons. The molecule has 1 fully saturated rings. The predicted octanol–water partition coefficient (Wildman–Crippen LogP) is 5.14. The molecule has 3 unspecified atom stereocenters. The summed E-state index contributed by atoms with van der Waals surface area (Å²) in [6.07, 6.45) is 2.18. The smallest absolute Gasteiger partial charge is 0.410 e. The van der Waals surface area contributed by atoms with Gasteiger partial charge in [0.25, 0.3) is 5.69 Å². The third-order valence-corrected chi connectivity index (χ3v) is 12.6. The molecule has 0 spiro atoms. The summed E-state index contributed by atoms with van der Waals surface area (Å²) in [7, 11) is -2.12. The number of rotatable bonds is 7. The van der Waals surface area contributed by atoms with Crippen LogP contribution in [-0.4, -0.2) is 57.4 Å². The topological polar surface area (TPSA) is 119 Å². The SMILES string of the molecule is CC(C)(C)[Si](C)(C)OC1CC(C(O)c2ncn3ccsc23)N(C(=O)OCc2ccc([N+](=O)[O-])cc2)C1. The van der Waals surface area contributed by atoms with E-state index in [0.717, 1.165) is 4.83 Å². The monoisotopic (exact) mass is 532 g/mol. The Labute approximate surface area is 214 Å². The first-order valence-corrected chi connectivity index (χ1v) is 15.6. The molecule has 1 saturated heterocycles. The lowest BCUT2D eigenvalue weighted by Gasteiger charge is -2.38. The summed E-state index contributed by atoms with van der Waals surface area (Å²) in [5, 5.41) is 24.2. The summed E-state index contributed by atoms with van der Waals surface area (Å²) in [6.45, 7) is 11.1. The Morgan fingerprint density at radius 2 is 2.03 bits per heavy atom. The van der Waals surface area contributed by atoms with Gasteiger partial charge in [0.1, 0.15) is 29.6 Å². The minimum atomic E-state index is -2.12. The Balaban J connectivity index is 1.53. The number of ether oxygens (including phenoxy) is 1. The number of non-ortho nitro benzene ring substituents is 1. The number of carbonyl (C=O) groups excluding carboxylic acids is 1. The van der Waals surface area contributed by atoms with E-state index in [9.17, 15) is 20.0 Å². The van der Waals surface area contributed by atoms with E-state index in [1.807, 2.05) is 16.0 Å². The normalized spacial score (nSPS) is 19.6. The molecule has 3 atom stereocenters. The van der Waals surface area contributed by atoms with Crippen LogP contribution in [0.3, 0.4) is 0 Å². The van der Waals surface area contributed by atoms with E-state index in [1.165, 1.54) is 28.4 Å². The van der Waals surface area contributed by atoms with Crippen LogP contribution in [0.4, 0.5) is 10.5 Å². The average Bonchev–Trinajstić information content (AvgIpc) is 3.52. The number of aliphatic hydroxyl groups excluding tert-OH is 1. The van der Waals surface area contributed by atoms with Gasteiger partial charge in [-0.05, 0) is 42.2 Å². The predicted molar refractivity (Wildman–Crippen MR) is 138 cm³/mol. The molecule has 1 amide bonds. The summed E-state index contributed by atoms with van der Waals surface area (Å²) in [5.74, 6) is 0. The molecular formula is C24H32N4O6SSi. The standard InChI is InChI=1S/C24H32N4O6SSi/c1-24(2,3)36(4,5)34-18-12-19(21(29)20-22-26(15-25-20)10-11-35-22)27(13-18)23(30)33-14-16-6-8-17(9-7-16)28(31)32/h6-11,15,18-19,21,29H,12-14H2,1-5H3. The van der Waals surface area contributed by atoms with Gasteiger partial charge < -0.3 is 14.3 Å². The van der Waals surface area contributed by atoms with E-state index in [4.69, 9.17) is 9.16 Å². The van der Waals surface area contributed by atoms with Crippen molar-refractivity contribution in [3.05, 3.63) is 63.5 Å². The second-order valence-corrected chi connectivity index (χ2v) is 16.3. The van der Waals surface area contributed by atoms with Gasteiger partial charge in [-0.15, -0.1) is 11.3 Å². The van der Waals surface area contributed by atoms with Crippen molar-refractivity contribution in [3.63, 3.8) is 0 Å². The Bertz CT molecular complexity index is 1240. The summed E-state index contributed by atoms with van der Waals surface area (Å²) in [6, 6.07) is 5.30. The molecule has 10 nitrogen and oxygen atoms in total. The van der Waals surface area contributed by atoms with Gasteiger partial charge in [-0.25, -0.2) is 9.78 Å². The molecule has 3 heterocycles. The zero-order valence-corrected chi connectivity index (χ0v) is 22.9.